The normalized spacial score (nSPS) is 14.8. The van der Waals surface area contributed by atoms with E-state index in [0.29, 0.717) is 29.3 Å². The molecule has 1 amide bonds. The van der Waals surface area contributed by atoms with E-state index in [9.17, 15) is 4.79 Å². The molecular formula is C25H28ClN7O. The van der Waals surface area contributed by atoms with Crippen LogP contribution in [0.1, 0.15) is 28.5 Å². The first-order chi connectivity index (χ1) is 16.4. The molecular weight excluding hydrogens is 450 g/mol. The highest BCUT2D eigenvalue weighted by molar-refractivity contribution is 6.30. The maximum atomic E-state index is 13.7. The van der Waals surface area contributed by atoms with Gasteiger partial charge in [-0.15, -0.1) is 0 Å². The summed E-state index contributed by atoms with van der Waals surface area (Å²) in [6.45, 7) is 8.75. The smallest absolute Gasteiger partial charge is 0.254 e. The number of hydrogen-bond acceptors (Lipinski definition) is 5. The van der Waals surface area contributed by atoms with Gasteiger partial charge in [0.25, 0.3) is 5.91 Å². The molecule has 0 aliphatic carbocycles. The molecule has 0 spiro atoms. The van der Waals surface area contributed by atoms with E-state index in [4.69, 9.17) is 16.6 Å². The molecule has 0 atom stereocenters. The maximum absolute atomic E-state index is 13.7. The van der Waals surface area contributed by atoms with E-state index in [-0.39, 0.29) is 5.91 Å². The van der Waals surface area contributed by atoms with Crippen molar-refractivity contribution in [1.82, 2.24) is 34.3 Å². The monoisotopic (exact) mass is 477 g/mol. The molecule has 176 valence electrons. The lowest BCUT2D eigenvalue weighted by molar-refractivity contribution is 0.0630. The van der Waals surface area contributed by atoms with Crippen molar-refractivity contribution in [3.8, 4) is 11.3 Å². The van der Waals surface area contributed by atoms with Gasteiger partial charge in [-0.1, -0.05) is 23.7 Å². The number of aryl methyl sites for hydroxylation is 3. The van der Waals surface area contributed by atoms with Crippen molar-refractivity contribution in [3.63, 3.8) is 0 Å². The zero-order chi connectivity index (χ0) is 23.8. The van der Waals surface area contributed by atoms with E-state index in [1.807, 2.05) is 60.1 Å². The van der Waals surface area contributed by atoms with E-state index in [0.717, 1.165) is 48.5 Å². The SMILES string of the molecule is CCn1cc(CN2CCN(C(=O)c3cc(-c4ccc(Cl)cc4)nc4c3c(C)nn4C)CC2)cn1. The molecule has 5 rings (SSSR count). The maximum Gasteiger partial charge on any atom is 0.254 e. The highest BCUT2D eigenvalue weighted by Crippen LogP contribution is 2.29. The van der Waals surface area contributed by atoms with E-state index >= 15 is 0 Å². The van der Waals surface area contributed by atoms with E-state index in [1.54, 1.807) is 4.68 Å². The summed E-state index contributed by atoms with van der Waals surface area (Å²) in [5, 5.41) is 10.4. The minimum Gasteiger partial charge on any atom is -0.336 e. The van der Waals surface area contributed by atoms with Crippen LogP contribution in [0.25, 0.3) is 22.3 Å². The summed E-state index contributed by atoms with van der Waals surface area (Å²) in [5.41, 5.74) is 5.02. The van der Waals surface area contributed by atoms with Crippen LogP contribution in [0.3, 0.4) is 0 Å². The van der Waals surface area contributed by atoms with E-state index in [1.165, 1.54) is 5.56 Å². The number of benzene rings is 1. The number of piperazine rings is 1. The zero-order valence-corrected chi connectivity index (χ0v) is 20.5. The van der Waals surface area contributed by atoms with Gasteiger partial charge in [0.05, 0.1) is 28.5 Å². The van der Waals surface area contributed by atoms with Crippen molar-refractivity contribution < 1.29 is 4.79 Å². The number of aromatic nitrogens is 5. The van der Waals surface area contributed by atoms with Gasteiger partial charge in [0.1, 0.15) is 0 Å². The number of hydrogen-bond donors (Lipinski definition) is 0. The molecule has 1 aliphatic heterocycles. The molecule has 1 aromatic carbocycles. The number of amides is 1. The Kier molecular flexibility index (Phi) is 6.10. The molecule has 1 aliphatic rings. The lowest BCUT2D eigenvalue weighted by Gasteiger charge is -2.34. The fourth-order valence-electron chi connectivity index (χ4n) is 4.58. The Balaban J connectivity index is 1.40. The van der Waals surface area contributed by atoms with Crippen LogP contribution in [0.2, 0.25) is 5.02 Å². The summed E-state index contributed by atoms with van der Waals surface area (Å²) in [4.78, 5) is 22.9. The van der Waals surface area contributed by atoms with Crippen LogP contribution in [0.4, 0.5) is 0 Å². The molecule has 8 nitrogen and oxygen atoms in total. The first-order valence-corrected chi connectivity index (χ1v) is 11.9. The molecule has 0 bridgehead atoms. The topological polar surface area (TPSA) is 72.1 Å². The Hall–Kier alpha value is -3.23. The molecule has 1 fully saturated rings. The average Bonchev–Trinajstić information content (AvgIpc) is 3.42. The van der Waals surface area contributed by atoms with Crippen LogP contribution >= 0.6 is 11.6 Å². The third kappa shape index (κ3) is 4.31. The van der Waals surface area contributed by atoms with Gasteiger partial charge in [-0.25, -0.2) is 4.98 Å². The second-order valence-electron chi connectivity index (χ2n) is 8.74. The quantitative estimate of drug-likeness (QED) is 0.437. The molecule has 0 N–H and O–H groups in total. The largest absolute Gasteiger partial charge is 0.336 e. The molecule has 9 heteroatoms. The Morgan fingerprint density at radius 1 is 1.12 bits per heavy atom. The van der Waals surface area contributed by atoms with Crippen molar-refractivity contribution in [2.24, 2.45) is 7.05 Å². The standard InChI is InChI=1S/C25H28ClN7O/c1-4-33-16-18(14-27-33)15-31-9-11-32(12-10-31)25(34)21-13-22(19-5-7-20(26)8-6-19)28-24-23(21)17(2)29-30(24)3/h5-8,13-14,16H,4,9-12,15H2,1-3H3. The summed E-state index contributed by atoms with van der Waals surface area (Å²) in [5.74, 6) is 0.0252. The van der Waals surface area contributed by atoms with Crippen LogP contribution < -0.4 is 0 Å². The van der Waals surface area contributed by atoms with Gasteiger partial charge in [0.2, 0.25) is 0 Å². The van der Waals surface area contributed by atoms with Gasteiger partial charge in [0.15, 0.2) is 5.65 Å². The molecule has 0 radical (unpaired) electrons. The Labute approximate surface area is 203 Å². The van der Waals surface area contributed by atoms with Gasteiger partial charge >= 0.3 is 0 Å². The van der Waals surface area contributed by atoms with Crippen LogP contribution in [0.5, 0.6) is 0 Å². The molecule has 34 heavy (non-hydrogen) atoms. The molecule has 4 aromatic rings. The summed E-state index contributed by atoms with van der Waals surface area (Å²) in [7, 11) is 1.86. The molecule has 0 unspecified atom stereocenters. The number of nitrogens with zero attached hydrogens (tertiary/aromatic N) is 7. The Morgan fingerprint density at radius 3 is 2.53 bits per heavy atom. The van der Waals surface area contributed by atoms with E-state index < -0.39 is 0 Å². The van der Waals surface area contributed by atoms with Crippen molar-refractivity contribution in [3.05, 3.63) is 64.6 Å². The minimum atomic E-state index is 0.0252. The predicted molar refractivity (Wildman–Crippen MR) is 133 cm³/mol. The number of carbonyl (C=O) groups is 1. The van der Waals surface area contributed by atoms with Gasteiger partial charge in [0, 0.05) is 68.7 Å². The second kappa shape index (κ2) is 9.19. The second-order valence-corrected chi connectivity index (χ2v) is 9.18. The van der Waals surface area contributed by atoms with Gasteiger partial charge in [-0.05, 0) is 32.0 Å². The minimum absolute atomic E-state index is 0.0252. The third-order valence-electron chi connectivity index (χ3n) is 6.42. The summed E-state index contributed by atoms with van der Waals surface area (Å²) in [6, 6.07) is 9.42. The number of fused-ring (bicyclic) bond motifs is 1. The zero-order valence-electron chi connectivity index (χ0n) is 19.7. The lowest BCUT2D eigenvalue weighted by Crippen LogP contribution is -2.48. The third-order valence-corrected chi connectivity index (χ3v) is 6.67. The number of pyridine rings is 1. The lowest BCUT2D eigenvalue weighted by atomic mass is 10.0. The van der Waals surface area contributed by atoms with Crippen LogP contribution in [0, 0.1) is 6.92 Å². The number of halogens is 1. The first kappa shape index (κ1) is 22.6. The van der Waals surface area contributed by atoms with Gasteiger partial charge in [-0.2, -0.15) is 10.2 Å². The first-order valence-electron chi connectivity index (χ1n) is 11.6. The van der Waals surface area contributed by atoms with Gasteiger partial charge in [-0.3, -0.25) is 19.1 Å². The molecule has 4 heterocycles. The van der Waals surface area contributed by atoms with Crippen LogP contribution in [-0.2, 0) is 20.1 Å². The van der Waals surface area contributed by atoms with Crippen molar-refractivity contribution in [1.29, 1.82) is 0 Å². The summed E-state index contributed by atoms with van der Waals surface area (Å²) in [6.07, 6.45) is 4.02. The van der Waals surface area contributed by atoms with Crippen molar-refractivity contribution in [2.45, 2.75) is 26.9 Å². The molecule has 1 saturated heterocycles. The number of carbonyl (C=O) groups excluding carboxylic acids is 1. The molecule has 0 saturated carbocycles. The average molecular weight is 478 g/mol. The van der Waals surface area contributed by atoms with Crippen LogP contribution in [-0.4, -0.2) is 66.4 Å². The highest BCUT2D eigenvalue weighted by Gasteiger charge is 2.26. The van der Waals surface area contributed by atoms with Crippen molar-refractivity contribution in [2.75, 3.05) is 26.2 Å². The summed E-state index contributed by atoms with van der Waals surface area (Å²) >= 11 is 6.07. The Bertz CT molecular complexity index is 1330. The number of rotatable bonds is 5. The van der Waals surface area contributed by atoms with Crippen LogP contribution in [0.15, 0.2) is 42.7 Å². The van der Waals surface area contributed by atoms with E-state index in [2.05, 4.69) is 28.2 Å². The fourth-order valence-corrected chi connectivity index (χ4v) is 4.71. The summed E-state index contributed by atoms with van der Waals surface area (Å²) < 4.78 is 3.69. The Morgan fingerprint density at radius 2 is 1.85 bits per heavy atom. The predicted octanol–water partition coefficient (Wildman–Crippen LogP) is 3.77. The fraction of sp³-hybridized carbons (Fsp3) is 0.360. The van der Waals surface area contributed by atoms with Crippen molar-refractivity contribution >= 4 is 28.5 Å². The molecule has 3 aromatic heterocycles. The highest BCUT2D eigenvalue weighted by atomic mass is 35.5. The van der Waals surface area contributed by atoms with Gasteiger partial charge < -0.3 is 4.90 Å².